The molecule has 1 saturated heterocycles. The minimum Gasteiger partial charge on any atom is -0.399 e. The van der Waals surface area contributed by atoms with Crippen molar-refractivity contribution in [2.24, 2.45) is 0 Å². The molecule has 2 N–H and O–H groups in total. The van der Waals surface area contributed by atoms with Crippen molar-refractivity contribution in [3.8, 4) is 0 Å². The molecule has 1 aromatic carbocycles. The van der Waals surface area contributed by atoms with Crippen LogP contribution in [0.15, 0.2) is 18.2 Å². The second-order valence-corrected chi connectivity index (χ2v) is 6.04. The van der Waals surface area contributed by atoms with Crippen molar-refractivity contribution in [1.29, 1.82) is 0 Å². The summed E-state index contributed by atoms with van der Waals surface area (Å²) in [5.41, 5.74) is 9.28. The Hall–Kier alpha value is -0.830. The Labute approximate surface area is 102 Å². The maximum atomic E-state index is 5.80. The molecule has 0 saturated carbocycles. The molecular formula is C13H20N2S. The molecule has 0 aliphatic carbocycles. The molecule has 1 aliphatic rings. The SMILES string of the molecule is Cc1cc(N)ccc1N1CCSC(C)C1C. The van der Waals surface area contributed by atoms with Crippen LogP contribution in [0.1, 0.15) is 19.4 Å². The number of hydrogen-bond donors (Lipinski definition) is 1. The van der Waals surface area contributed by atoms with Gasteiger partial charge in [-0.05, 0) is 37.6 Å². The molecule has 1 fully saturated rings. The predicted molar refractivity (Wildman–Crippen MR) is 74.3 cm³/mol. The van der Waals surface area contributed by atoms with Crippen LogP contribution in [0.3, 0.4) is 0 Å². The highest BCUT2D eigenvalue weighted by molar-refractivity contribution is 8.00. The van der Waals surface area contributed by atoms with Gasteiger partial charge in [-0.15, -0.1) is 0 Å². The highest BCUT2D eigenvalue weighted by Crippen LogP contribution is 2.31. The smallest absolute Gasteiger partial charge is 0.0400 e. The molecule has 3 heteroatoms. The van der Waals surface area contributed by atoms with Crippen LogP contribution in [0.25, 0.3) is 0 Å². The van der Waals surface area contributed by atoms with Gasteiger partial charge in [0.25, 0.3) is 0 Å². The van der Waals surface area contributed by atoms with Gasteiger partial charge in [-0.3, -0.25) is 0 Å². The molecule has 2 atom stereocenters. The van der Waals surface area contributed by atoms with E-state index in [9.17, 15) is 0 Å². The summed E-state index contributed by atoms with van der Waals surface area (Å²) in [5, 5.41) is 0.700. The zero-order valence-corrected chi connectivity index (χ0v) is 11.1. The van der Waals surface area contributed by atoms with E-state index in [0.717, 1.165) is 12.2 Å². The lowest BCUT2D eigenvalue weighted by molar-refractivity contribution is 0.626. The van der Waals surface area contributed by atoms with Gasteiger partial charge in [0, 0.05) is 35.0 Å². The number of benzene rings is 1. The molecule has 1 heterocycles. The molecule has 2 nitrogen and oxygen atoms in total. The first-order valence-corrected chi connectivity index (χ1v) is 6.89. The van der Waals surface area contributed by atoms with E-state index in [1.807, 2.05) is 6.07 Å². The van der Waals surface area contributed by atoms with Gasteiger partial charge in [0.05, 0.1) is 0 Å². The Kier molecular flexibility index (Phi) is 3.33. The number of nitrogen functional groups attached to an aromatic ring is 1. The van der Waals surface area contributed by atoms with Gasteiger partial charge in [-0.25, -0.2) is 0 Å². The van der Waals surface area contributed by atoms with E-state index >= 15 is 0 Å². The Bertz CT molecular complexity index is 378. The minimum absolute atomic E-state index is 0.598. The fourth-order valence-corrected chi connectivity index (χ4v) is 3.37. The van der Waals surface area contributed by atoms with Crippen LogP contribution in [-0.4, -0.2) is 23.6 Å². The third-order valence-corrected chi connectivity index (χ3v) is 4.75. The van der Waals surface area contributed by atoms with Gasteiger partial charge in [-0.1, -0.05) is 6.92 Å². The second-order valence-electron chi connectivity index (χ2n) is 4.56. The average Bonchev–Trinajstić information content (AvgIpc) is 2.23. The summed E-state index contributed by atoms with van der Waals surface area (Å²) in [7, 11) is 0. The minimum atomic E-state index is 0.598. The molecule has 16 heavy (non-hydrogen) atoms. The monoisotopic (exact) mass is 236 g/mol. The van der Waals surface area contributed by atoms with Crippen LogP contribution in [0.2, 0.25) is 0 Å². The van der Waals surface area contributed by atoms with E-state index in [4.69, 9.17) is 5.73 Å². The molecule has 2 rings (SSSR count). The zero-order valence-electron chi connectivity index (χ0n) is 10.2. The van der Waals surface area contributed by atoms with E-state index in [2.05, 4.69) is 49.6 Å². The van der Waals surface area contributed by atoms with Gasteiger partial charge < -0.3 is 10.6 Å². The molecule has 0 amide bonds. The van der Waals surface area contributed by atoms with Crippen LogP contribution in [0, 0.1) is 6.92 Å². The first-order valence-electron chi connectivity index (χ1n) is 5.84. The lowest BCUT2D eigenvalue weighted by atomic mass is 10.1. The normalized spacial score (nSPS) is 25.8. The lowest BCUT2D eigenvalue weighted by Gasteiger charge is -2.40. The largest absolute Gasteiger partial charge is 0.399 e. The first kappa shape index (κ1) is 11.6. The van der Waals surface area contributed by atoms with Gasteiger partial charge in [0.15, 0.2) is 0 Å². The van der Waals surface area contributed by atoms with E-state index in [1.165, 1.54) is 17.0 Å². The van der Waals surface area contributed by atoms with Gasteiger partial charge >= 0.3 is 0 Å². The maximum Gasteiger partial charge on any atom is 0.0400 e. The standard InChI is InChI=1S/C13H20N2S/c1-9-8-12(14)4-5-13(9)15-6-7-16-11(3)10(15)2/h4-5,8,10-11H,6-7,14H2,1-3H3. The van der Waals surface area contributed by atoms with Crippen molar-refractivity contribution < 1.29 is 0 Å². The van der Waals surface area contributed by atoms with Gasteiger partial charge in [0.1, 0.15) is 0 Å². The number of aryl methyl sites for hydroxylation is 1. The first-order chi connectivity index (χ1) is 7.59. The third kappa shape index (κ3) is 2.14. The summed E-state index contributed by atoms with van der Waals surface area (Å²) in [4.78, 5) is 2.51. The number of nitrogens with zero attached hydrogens (tertiary/aromatic N) is 1. The summed E-state index contributed by atoms with van der Waals surface area (Å²) >= 11 is 2.07. The summed E-state index contributed by atoms with van der Waals surface area (Å²) in [6.07, 6.45) is 0. The predicted octanol–water partition coefficient (Wildman–Crippen LogP) is 2.91. The van der Waals surface area contributed by atoms with Crippen molar-refractivity contribution in [1.82, 2.24) is 0 Å². The van der Waals surface area contributed by atoms with Crippen molar-refractivity contribution in [2.75, 3.05) is 22.9 Å². The van der Waals surface area contributed by atoms with Crippen LogP contribution in [0.4, 0.5) is 11.4 Å². The van der Waals surface area contributed by atoms with Crippen LogP contribution >= 0.6 is 11.8 Å². The Morgan fingerprint density at radius 1 is 1.38 bits per heavy atom. The molecule has 2 unspecified atom stereocenters. The molecule has 1 aliphatic heterocycles. The van der Waals surface area contributed by atoms with Crippen molar-refractivity contribution in [3.63, 3.8) is 0 Å². The number of anilines is 2. The fourth-order valence-electron chi connectivity index (χ4n) is 2.27. The van der Waals surface area contributed by atoms with Crippen molar-refractivity contribution in [3.05, 3.63) is 23.8 Å². The molecule has 88 valence electrons. The molecular weight excluding hydrogens is 216 g/mol. The van der Waals surface area contributed by atoms with Crippen LogP contribution < -0.4 is 10.6 Å². The van der Waals surface area contributed by atoms with E-state index in [1.54, 1.807) is 0 Å². The number of hydrogen-bond acceptors (Lipinski definition) is 3. The molecule has 0 aromatic heterocycles. The van der Waals surface area contributed by atoms with Gasteiger partial charge in [0.2, 0.25) is 0 Å². The maximum absolute atomic E-state index is 5.80. The summed E-state index contributed by atoms with van der Waals surface area (Å²) < 4.78 is 0. The Morgan fingerprint density at radius 2 is 2.12 bits per heavy atom. The number of nitrogens with two attached hydrogens (primary N) is 1. The van der Waals surface area contributed by atoms with E-state index < -0.39 is 0 Å². The Balaban J connectivity index is 2.29. The fraction of sp³-hybridized carbons (Fsp3) is 0.538. The number of thioether (sulfide) groups is 1. The molecule has 0 radical (unpaired) electrons. The second kappa shape index (κ2) is 4.58. The third-order valence-electron chi connectivity index (χ3n) is 3.41. The molecule has 0 bridgehead atoms. The van der Waals surface area contributed by atoms with Crippen LogP contribution in [0.5, 0.6) is 0 Å². The van der Waals surface area contributed by atoms with Gasteiger partial charge in [-0.2, -0.15) is 11.8 Å². The Morgan fingerprint density at radius 3 is 2.81 bits per heavy atom. The zero-order chi connectivity index (χ0) is 11.7. The highest BCUT2D eigenvalue weighted by atomic mass is 32.2. The van der Waals surface area contributed by atoms with E-state index in [-0.39, 0.29) is 0 Å². The quantitative estimate of drug-likeness (QED) is 0.760. The molecule has 0 spiro atoms. The molecule has 1 aromatic rings. The average molecular weight is 236 g/mol. The van der Waals surface area contributed by atoms with Crippen LogP contribution in [-0.2, 0) is 0 Å². The van der Waals surface area contributed by atoms with Crippen molar-refractivity contribution >= 4 is 23.1 Å². The summed E-state index contributed by atoms with van der Waals surface area (Å²) in [6, 6.07) is 6.82. The summed E-state index contributed by atoms with van der Waals surface area (Å²) in [6.45, 7) is 7.91. The van der Waals surface area contributed by atoms with Crippen molar-refractivity contribution in [2.45, 2.75) is 32.1 Å². The summed E-state index contributed by atoms with van der Waals surface area (Å²) in [5.74, 6) is 1.22. The number of rotatable bonds is 1. The lowest BCUT2D eigenvalue weighted by Crippen LogP contribution is -2.45. The van der Waals surface area contributed by atoms with E-state index in [0.29, 0.717) is 11.3 Å². The topological polar surface area (TPSA) is 29.3 Å². The highest BCUT2D eigenvalue weighted by Gasteiger charge is 2.25.